The van der Waals surface area contributed by atoms with Gasteiger partial charge in [0, 0.05) is 6.20 Å². The Kier molecular flexibility index (Phi) is 1.68. The van der Waals surface area contributed by atoms with Crippen LogP contribution in [0.15, 0.2) is 24.9 Å². The zero-order valence-electron chi connectivity index (χ0n) is 5.04. The number of rotatable bonds is 1. The average molecular weight is 115 g/mol. The molecular weight excluding hydrogens is 109 g/mol. The maximum atomic E-state index is 5.45. The van der Waals surface area contributed by atoms with Gasteiger partial charge in [-0.2, -0.15) is 0 Å². The van der Waals surface area contributed by atoms with Crippen molar-refractivity contribution >= 4 is 19.5 Å². The molecule has 1 nitrogen and oxygen atoms in total. The number of aromatic nitrogens is 1. The van der Waals surface area contributed by atoms with Crippen LogP contribution in [0.5, 0.6) is 0 Å². The maximum absolute atomic E-state index is 5.45. The predicted octanol–water partition coefficient (Wildman–Crippen LogP) is 0.518. The van der Waals surface area contributed by atoms with Gasteiger partial charge in [0.15, 0.2) is 0 Å². The molecule has 0 aliphatic carbocycles. The summed E-state index contributed by atoms with van der Waals surface area (Å²) in [5.74, 6) is 0. The van der Waals surface area contributed by atoms with Gasteiger partial charge in [-0.1, -0.05) is 18.7 Å². The Morgan fingerprint density at radius 1 is 1.67 bits per heavy atom. The Balaban J connectivity index is 3.15. The largest absolute Gasteiger partial charge is 0.272 e. The van der Waals surface area contributed by atoms with Crippen molar-refractivity contribution in [3.8, 4) is 0 Å². The van der Waals surface area contributed by atoms with E-state index in [9.17, 15) is 0 Å². The number of hydrogen-bond donors (Lipinski definition) is 0. The van der Waals surface area contributed by atoms with E-state index in [2.05, 4.69) is 11.6 Å². The number of nitrogens with zero attached hydrogens (tertiary/aromatic N) is 1. The minimum atomic E-state index is 0.535. The first-order valence-electron chi connectivity index (χ1n) is 2.67. The van der Waals surface area contributed by atoms with E-state index in [1.54, 1.807) is 12.3 Å². The highest BCUT2D eigenvalue weighted by atomic mass is 14.6. The summed E-state index contributed by atoms with van der Waals surface area (Å²) < 4.78 is 0. The summed E-state index contributed by atoms with van der Waals surface area (Å²) in [7, 11) is 5.45. The Bertz CT molecular complexity index is 220. The van der Waals surface area contributed by atoms with Crippen LogP contribution >= 0.6 is 0 Å². The highest BCUT2D eigenvalue weighted by Gasteiger charge is 1.87. The highest BCUT2D eigenvalue weighted by molar-refractivity contribution is 6.32. The zero-order chi connectivity index (χ0) is 6.69. The standard InChI is InChI=1S/C7H6BN/c1-2-6-4-3-5-9-7(6)8/h2-5H,1H2. The SMILES string of the molecule is [B]c1ncccc1C=C. The normalized spacial score (nSPS) is 8.89. The van der Waals surface area contributed by atoms with E-state index in [0.29, 0.717) is 5.59 Å². The van der Waals surface area contributed by atoms with Gasteiger partial charge in [0.1, 0.15) is 7.85 Å². The molecule has 1 rings (SSSR count). The van der Waals surface area contributed by atoms with E-state index < -0.39 is 0 Å². The first-order chi connectivity index (χ1) is 4.34. The fraction of sp³-hybridized carbons (Fsp3) is 0. The molecule has 9 heavy (non-hydrogen) atoms. The van der Waals surface area contributed by atoms with E-state index in [-0.39, 0.29) is 0 Å². The predicted molar refractivity (Wildman–Crippen MR) is 39.7 cm³/mol. The summed E-state index contributed by atoms with van der Waals surface area (Å²) in [4.78, 5) is 3.86. The lowest BCUT2D eigenvalue weighted by Crippen LogP contribution is -2.10. The molecule has 42 valence electrons. The van der Waals surface area contributed by atoms with Crippen LogP contribution < -0.4 is 5.59 Å². The molecule has 0 N–H and O–H groups in total. The maximum Gasteiger partial charge on any atom is 0.142 e. The molecule has 2 heteroatoms. The smallest absolute Gasteiger partial charge is 0.142 e. The van der Waals surface area contributed by atoms with Crippen LogP contribution in [0.2, 0.25) is 0 Å². The van der Waals surface area contributed by atoms with Gasteiger partial charge in [-0.3, -0.25) is 4.98 Å². The lowest BCUT2D eigenvalue weighted by molar-refractivity contribution is 1.38. The quantitative estimate of drug-likeness (QED) is 0.486. The van der Waals surface area contributed by atoms with Gasteiger partial charge in [0.25, 0.3) is 0 Å². The monoisotopic (exact) mass is 115 g/mol. The topological polar surface area (TPSA) is 12.9 Å². The molecule has 0 amide bonds. The summed E-state index contributed by atoms with van der Waals surface area (Å²) in [6.07, 6.45) is 3.34. The Morgan fingerprint density at radius 2 is 2.44 bits per heavy atom. The molecule has 0 aromatic carbocycles. The number of hydrogen-bond acceptors (Lipinski definition) is 1. The number of pyridine rings is 1. The van der Waals surface area contributed by atoms with E-state index in [1.165, 1.54) is 0 Å². The third-order valence-electron chi connectivity index (χ3n) is 1.09. The molecule has 1 aromatic heterocycles. The fourth-order valence-corrected chi connectivity index (χ4v) is 0.603. The van der Waals surface area contributed by atoms with Gasteiger partial charge in [-0.15, -0.1) is 0 Å². The van der Waals surface area contributed by atoms with Crippen LogP contribution in [0.25, 0.3) is 6.08 Å². The average Bonchev–Trinajstić information content (AvgIpc) is 1.89. The van der Waals surface area contributed by atoms with Crippen LogP contribution in [-0.4, -0.2) is 12.8 Å². The molecule has 0 aliphatic heterocycles. The second-order valence-corrected chi connectivity index (χ2v) is 1.68. The molecule has 2 radical (unpaired) electrons. The lowest BCUT2D eigenvalue weighted by atomic mass is 9.98. The second-order valence-electron chi connectivity index (χ2n) is 1.68. The second kappa shape index (κ2) is 2.49. The molecule has 0 spiro atoms. The first kappa shape index (κ1) is 6.08. The van der Waals surface area contributed by atoms with Crippen molar-refractivity contribution < 1.29 is 0 Å². The summed E-state index contributed by atoms with van der Waals surface area (Å²) in [5.41, 5.74) is 1.42. The molecule has 0 atom stereocenters. The Labute approximate surface area is 55.8 Å². The van der Waals surface area contributed by atoms with Crippen LogP contribution in [0.3, 0.4) is 0 Å². The molecular formula is C7H6BN. The van der Waals surface area contributed by atoms with Crippen LogP contribution in [-0.2, 0) is 0 Å². The molecule has 0 unspecified atom stereocenters. The van der Waals surface area contributed by atoms with Crippen LogP contribution in [0.4, 0.5) is 0 Å². The van der Waals surface area contributed by atoms with E-state index >= 15 is 0 Å². The van der Waals surface area contributed by atoms with Crippen molar-refractivity contribution in [2.24, 2.45) is 0 Å². The van der Waals surface area contributed by atoms with Gasteiger partial charge in [0.2, 0.25) is 0 Å². The summed E-state index contributed by atoms with van der Waals surface area (Å²) in [6.45, 7) is 3.57. The van der Waals surface area contributed by atoms with Crippen molar-refractivity contribution in [1.29, 1.82) is 0 Å². The van der Waals surface area contributed by atoms with Gasteiger partial charge < -0.3 is 0 Å². The third-order valence-corrected chi connectivity index (χ3v) is 1.09. The van der Waals surface area contributed by atoms with Crippen molar-refractivity contribution in [1.82, 2.24) is 4.98 Å². The van der Waals surface area contributed by atoms with Crippen molar-refractivity contribution in [3.63, 3.8) is 0 Å². The van der Waals surface area contributed by atoms with Gasteiger partial charge in [0.05, 0.1) is 0 Å². The van der Waals surface area contributed by atoms with Crippen molar-refractivity contribution in [3.05, 3.63) is 30.5 Å². The molecule has 0 saturated carbocycles. The van der Waals surface area contributed by atoms with Crippen LogP contribution in [0.1, 0.15) is 5.56 Å². The zero-order valence-corrected chi connectivity index (χ0v) is 5.04. The van der Waals surface area contributed by atoms with Gasteiger partial charge >= 0.3 is 0 Å². The van der Waals surface area contributed by atoms with E-state index in [1.807, 2.05) is 12.1 Å². The molecule has 1 heterocycles. The molecule has 1 aromatic rings. The highest BCUT2D eigenvalue weighted by Crippen LogP contribution is 1.91. The summed E-state index contributed by atoms with van der Waals surface area (Å²) >= 11 is 0. The van der Waals surface area contributed by atoms with E-state index in [4.69, 9.17) is 7.85 Å². The Morgan fingerprint density at radius 3 is 2.89 bits per heavy atom. The molecule has 0 aliphatic rings. The summed E-state index contributed by atoms with van der Waals surface area (Å²) in [5, 5.41) is 0. The third kappa shape index (κ3) is 1.19. The first-order valence-corrected chi connectivity index (χ1v) is 2.67. The molecule has 0 saturated heterocycles. The Hall–Kier alpha value is -1.05. The molecule has 0 bridgehead atoms. The van der Waals surface area contributed by atoms with Crippen molar-refractivity contribution in [2.45, 2.75) is 0 Å². The minimum absolute atomic E-state index is 0.535. The lowest BCUT2D eigenvalue weighted by Gasteiger charge is -1.94. The van der Waals surface area contributed by atoms with Crippen molar-refractivity contribution in [2.75, 3.05) is 0 Å². The van der Waals surface area contributed by atoms with E-state index in [0.717, 1.165) is 5.56 Å². The van der Waals surface area contributed by atoms with Gasteiger partial charge in [-0.05, 0) is 17.2 Å². The van der Waals surface area contributed by atoms with Crippen LogP contribution in [0, 0.1) is 0 Å². The fourth-order valence-electron chi connectivity index (χ4n) is 0.603. The van der Waals surface area contributed by atoms with Gasteiger partial charge in [-0.25, -0.2) is 0 Å². The minimum Gasteiger partial charge on any atom is -0.272 e. The summed E-state index contributed by atoms with van der Waals surface area (Å²) in [6, 6.07) is 3.70. The molecule has 0 fully saturated rings.